The quantitative estimate of drug-likeness (QED) is 0.642. The van der Waals surface area contributed by atoms with Gasteiger partial charge in [0.05, 0.1) is 5.69 Å². The van der Waals surface area contributed by atoms with Crippen molar-refractivity contribution in [3.05, 3.63) is 46.8 Å². The minimum atomic E-state index is 0.504. The largest absolute Gasteiger partial charge is 0.368 e. The summed E-state index contributed by atoms with van der Waals surface area (Å²) in [6.45, 7) is 9.19. The van der Waals surface area contributed by atoms with Crippen molar-refractivity contribution in [2.45, 2.75) is 26.8 Å². The number of halogens is 1. The molecule has 0 saturated carbocycles. The molecule has 0 radical (unpaired) electrons. The number of guanidine groups is 1. The number of aryl methyl sites for hydroxylation is 1. The van der Waals surface area contributed by atoms with Gasteiger partial charge < -0.3 is 19.6 Å². The lowest BCUT2D eigenvalue weighted by atomic mass is 10.2. The van der Waals surface area contributed by atoms with Crippen LogP contribution in [0.25, 0.3) is 0 Å². The number of aromatic nitrogens is 1. The lowest BCUT2D eigenvalue weighted by molar-refractivity contribution is 0.365. The van der Waals surface area contributed by atoms with Crippen molar-refractivity contribution in [2.75, 3.05) is 37.6 Å². The zero-order chi connectivity index (χ0) is 18.4. The number of anilines is 1. The van der Waals surface area contributed by atoms with Crippen LogP contribution < -0.4 is 10.2 Å². The topological polar surface area (TPSA) is 56.9 Å². The minimum Gasteiger partial charge on any atom is -0.368 e. The lowest BCUT2D eigenvalue weighted by Crippen LogP contribution is -2.52. The fourth-order valence-corrected chi connectivity index (χ4v) is 3.21. The Labute approximate surface area is 159 Å². The van der Waals surface area contributed by atoms with Gasteiger partial charge in [-0.05, 0) is 31.5 Å². The number of hydrogen-bond donors (Lipinski definition) is 1. The molecule has 26 heavy (non-hydrogen) atoms. The van der Waals surface area contributed by atoms with Crippen LogP contribution in [0.5, 0.6) is 0 Å². The summed E-state index contributed by atoms with van der Waals surface area (Å²) in [5.41, 5.74) is 2.14. The van der Waals surface area contributed by atoms with E-state index in [2.05, 4.69) is 40.2 Å². The molecule has 1 aliphatic rings. The number of nitrogens with zero attached hydrogens (tertiary/aromatic N) is 4. The molecule has 0 amide bonds. The Bertz CT molecular complexity index is 737. The lowest BCUT2D eigenvalue weighted by Gasteiger charge is -2.37. The maximum Gasteiger partial charge on any atom is 0.194 e. The van der Waals surface area contributed by atoms with E-state index in [-0.39, 0.29) is 0 Å². The molecule has 1 aromatic carbocycles. The SMILES string of the molecule is CCNC(=NCc1cc(CC)no1)N1CCN(c2cccc(Cl)c2)CC1. The predicted octanol–water partition coefficient (Wildman–Crippen LogP) is 3.18. The second kappa shape index (κ2) is 8.94. The molecule has 0 bridgehead atoms. The van der Waals surface area contributed by atoms with E-state index < -0.39 is 0 Å². The van der Waals surface area contributed by atoms with E-state index in [9.17, 15) is 0 Å². The average Bonchev–Trinajstić information content (AvgIpc) is 3.13. The third-order valence-electron chi connectivity index (χ3n) is 4.44. The molecular formula is C19H26ClN5O. The highest BCUT2D eigenvalue weighted by atomic mass is 35.5. The Balaban J connectivity index is 1.61. The second-order valence-electron chi connectivity index (χ2n) is 6.26. The van der Waals surface area contributed by atoms with Gasteiger partial charge in [0.25, 0.3) is 0 Å². The first-order valence-corrected chi connectivity index (χ1v) is 9.55. The first-order chi connectivity index (χ1) is 12.7. The van der Waals surface area contributed by atoms with Crippen LogP contribution in [0.15, 0.2) is 39.8 Å². The monoisotopic (exact) mass is 375 g/mol. The number of benzene rings is 1. The summed E-state index contributed by atoms with van der Waals surface area (Å²) in [7, 11) is 0. The summed E-state index contributed by atoms with van der Waals surface area (Å²) in [6, 6.07) is 10.0. The van der Waals surface area contributed by atoms with E-state index in [1.54, 1.807) is 0 Å². The Hall–Kier alpha value is -2.21. The Morgan fingerprint density at radius 3 is 2.69 bits per heavy atom. The van der Waals surface area contributed by atoms with Gasteiger partial charge in [-0.15, -0.1) is 0 Å². The van der Waals surface area contributed by atoms with Gasteiger partial charge in [-0.3, -0.25) is 0 Å². The van der Waals surface area contributed by atoms with Crippen molar-refractivity contribution in [2.24, 2.45) is 4.99 Å². The maximum absolute atomic E-state index is 6.12. The zero-order valence-electron chi connectivity index (χ0n) is 15.4. The summed E-state index contributed by atoms with van der Waals surface area (Å²) < 4.78 is 5.33. The van der Waals surface area contributed by atoms with Crippen molar-refractivity contribution < 1.29 is 4.52 Å². The molecule has 6 nitrogen and oxygen atoms in total. The van der Waals surface area contributed by atoms with Crippen LogP contribution in [0.1, 0.15) is 25.3 Å². The van der Waals surface area contributed by atoms with Crippen LogP contribution in [0.4, 0.5) is 5.69 Å². The van der Waals surface area contributed by atoms with Gasteiger partial charge in [-0.2, -0.15) is 0 Å². The Morgan fingerprint density at radius 1 is 1.23 bits per heavy atom. The first kappa shape index (κ1) is 18.6. The third kappa shape index (κ3) is 4.69. The molecule has 0 spiro atoms. The fourth-order valence-electron chi connectivity index (χ4n) is 3.02. The van der Waals surface area contributed by atoms with E-state index in [0.29, 0.717) is 6.54 Å². The number of hydrogen-bond acceptors (Lipinski definition) is 4. The molecule has 0 atom stereocenters. The summed E-state index contributed by atoms with van der Waals surface area (Å²) in [4.78, 5) is 9.38. The third-order valence-corrected chi connectivity index (χ3v) is 4.68. The predicted molar refractivity (Wildman–Crippen MR) is 106 cm³/mol. The molecule has 140 valence electrons. The summed E-state index contributed by atoms with van der Waals surface area (Å²) >= 11 is 6.12. The van der Waals surface area contributed by atoms with Crippen LogP contribution in [0.3, 0.4) is 0 Å². The van der Waals surface area contributed by atoms with Crippen molar-refractivity contribution in [1.29, 1.82) is 0 Å². The molecule has 7 heteroatoms. The van der Waals surface area contributed by atoms with E-state index in [1.165, 1.54) is 5.69 Å². The van der Waals surface area contributed by atoms with Crippen LogP contribution in [-0.2, 0) is 13.0 Å². The van der Waals surface area contributed by atoms with E-state index >= 15 is 0 Å². The zero-order valence-corrected chi connectivity index (χ0v) is 16.2. The molecule has 2 heterocycles. The highest BCUT2D eigenvalue weighted by molar-refractivity contribution is 6.30. The second-order valence-corrected chi connectivity index (χ2v) is 6.70. The van der Waals surface area contributed by atoms with Gasteiger partial charge in [0.15, 0.2) is 11.7 Å². The summed E-state index contributed by atoms with van der Waals surface area (Å²) in [5, 5.41) is 8.18. The van der Waals surface area contributed by atoms with Crippen molar-refractivity contribution in [3.63, 3.8) is 0 Å². The summed E-state index contributed by atoms with van der Waals surface area (Å²) in [5.74, 6) is 1.72. The standard InChI is InChI=1S/C19H26ClN5O/c1-3-16-13-18(26-23-16)14-22-19(21-4-2)25-10-8-24(9-11-25)17-7-5-6-15(20)12-17/h5-7,12-13H,3-4,8-11,14H2,1-2H3,(H,21,22). The molecule has 1 fully saturated rings. The van der Waals surface area contributed by atoms with E-state index in [0.717, 1.165) is 61.6 Å². The van der Waals surface area contributed by atoms with E-state index in [4.69, 9.17) is 21.1 Å². The van der Waals surface area contributed by atoms with Crippen LogP contribution in [0.2, 0.25) is 5.02 Å². The maximum atomic E-state index is 6.12. The van der Waals surface area contributed by atoms with Crippen molar-refractivity contribution in [1.82, 2.24) is 15.4 Å². The van der Waals surface area contributed by atoms with Crippen LogP contribution in [0, 0.1) is 0 Å². The summed E-state index contributed by atoms with van der Waals surface area (Å²) in [6.07, 6.45) is 0.874. The molecule has 1 aliphatic heterocycles. The molecular weight excluding hydrogens is 350 g/mol. The van der Waals surface area contributed by atoms with Gasteiger partial charge >= 0.3 is 0 Å². The van der Waals surface area contributed by atoms with Crippen molar-refractivity contribution in [3.8, 4) is 0 Å². The smallest absolute Gasteiger partial charge is 0.194 e. The van der Waals surface area contributed by atoms with Crippen molar-refractivity contribution >= 4 is 23.2 Å². The molecule has 1 aromatic heterocycles. The normalized spacial score (nSPS) is 15.4. The first-order valence-electron chi connectivity index (χ1n) is 9.17. The molecule has 0 aliphatic carbocycles. The average molecular weight is 376 g/mol. The molecule has 1 N–H and O–H groups in total. The number of aliphatic imine (C=N–C) groups is 1. The van der Waals surface area contributed by atoms with Gasteiger partial charge in [-0.1, -0.05) is 29.7 Å². The van der Waals surface area contributed by atoms with Gasteiger partial charge in [0.1, 0.15) is 6.54 Å². The molecule has 1 saturated heterocycles. The number of rotatable bonds is 5. The van der Waals surface area contributed by atoms with Crippen LogP contribution in [-0.4, -0.2) is 48.7 Å². The Morgan fingerprint density at radius 2 is 2.04 bits per heavy atom. The van der Waals surface area contributed by atoms with Gasteiger partial charge in [0, 0.05) is 49.5 Å². The number of nitrogens with one attached hydrogen (secondary N) is 1. The van der Waals surface area contributed by atoms with Gasteiger partial charge in [0.2, 0.25) is 0 Å². The van der Waals surface area contributed by atoms with E-state index in [1.807, 2.05) is 24.3 Å². The highest BCUT2D eigenvalue weighted by Crippen LogP contribution is 2.20. The molecule has 3 rings (SSSR count). The highest BCUT2D eigenvalue weighted by Gasteiger charge is 2.20. The minimum absolute atomic E-state index is 0.504. The Kier molecular flexibility index (Phi) is 6.39. The number of piperazine rings is 1. The van der Waals surface area contributed by atoms with Crippen LogP contribution >= 0.6 is 11.6 Å². The molecule has 2 aromatic rings. The fraction of sp³-hybridized carbons (Fsp3) is 0.474. The van der Waals surface area contributed by atoms with Gasteiger partial charge in [-0.25, -0.2) is 4.99 Å². The molecule has 0 unspecified atom stereocenters.